The first kappa shape index (κ1) is 68.0. The third-order valence-electron chi connectivity index (χ3n) is 15.0. The van der Waals surface area contributed by atoms with Crippen LogP contribution in [0.15, 0.2) is 142 Å². The van der Waals surface area contributed by atoms with Gasteiger partial charge in [0.1, 0.15) is 11.2 Å². The zero-order valence-electron chi connectivity index (χ0n) is 49.1. The van der Waals surface area contributed by atoms with Crippen molar-refractivity contribution in [3.63, 3.8) is 0 Å². The largest absolute Gasteiger partial charge is 0.444 e. The number of alkyl carbamates (subject to hydrolysis) is 2. The number of aromatic amines is 1. The van der Waals surface area contributed by atoms with Crippen molar-refractivity contribution in [2.45, 2.75) is 116 Å². The predicted molar refractivity (Wildman–Crippen MR) is 361 cm³/mol. The number of hydrogen-bond acceptors (Lipinski definition) is 12. The SMILES string of the molecule is CC(C)(C)OC(=O)N[C@@H]1c2ccccc2CC12CCN(c1ncc(I)c(=O)n1Cc1ccccc1)CC2.CC(C)(C)OC(=O)N[C@@H]1c2ccccc2CC12CCNCC2.CF.O=c1[nH]c(Cl)ncc1I.O=c1c(I)cnc(Cl)n1Cc1ccccc1. The van der Waals surface area contributed by atoms with Gasteiger partial charge in [0.25, 0.3) is 16.7 Å². The number of fused-ring (bicyclic) bond motifs is 2. The van der Waals surface area contributed by atoms with Gasteiger partial charge in [0, 0.05) is 42.5 Å². The van der Waals surface area contributed by atoms with Crippen LogP contribution in [-0.4, -0.2) is 85.8 Å². The Balaban J connectivity index is 0.000000182. The van der Waals surface area contributed by atoms with E-state index in [9.17, 15) is 28.4 Å². The van der Waals surface area contributed by atoms with Crippen LogP contribution in [-0.2, 0) is 35.4 Å². The summed E-state index contributed by atoms with van der Waals surface area (Å²) in [6.07, 6.45) is 9.74. The number of hydrogen-bond donors (Lipinski definition) is 4. The molecule has 0 radical (unpaired) electrons. The summed E-state index contributed by atoms with van der Waals surface area (Å²) in [4.78, 5) is 77.6. The number of anilines is 1. The molecule has 7 aromatic rings. The van der Waals surface area contributed by atoms with Crippen LogP contribution in [0, 0.1) is 21.5 Å². The fourth-order valence-corrected chi connectivity index (χ4v) is 12.7. The van der Waals surface area contributed by atoms with E-state index in [4.69, 9.17) is 37.7 Å². The number of benzene rings is 4. The zero-order chi connectivity index (χ0) is 62.4. The van der Waals surface area contributed by atoms with Crippen LogP contribution in [0.2, 0.25) is 10.6 Å². The number of H-pyrrole nitrogens is 1. The van der Waals surface area contributed by atoms with Gasteiger partial charge < -0.3 is 30.3 Å². The molecule has 4 N–H and O–H groups in total. The van der Waals surface area contributed by atoms with Gasteiger partial charge in [-0.15, -0.1) is 0 Å². The summed E-state index contributed by atoms with van der Waals surface area (Å²) in [5.74, 6) is 0.705. The highest BCUT2D eigenvalue weighted by Crippen LogP contribution is 2.53. The number of piperidine rings is 2. The molecule has 2 saturated heterocycles. The highest BCUT2D eigenvalue weighted by atomic mass is 127. The van der Waals surface area contributed by atoms with Gasteiger partial charge >= 0.3 is 12.2 Å². The maximum absolute atomic E-state index is 13.1. The number of carbonyl (C=O) groups is 2. The number of rotatable bonds is 7. The Morgan fingerprint density at radius 2 is 1.02 bits per heavy atom. The first-order chi connectivity index (χ1) is 40.9. The van der Waals surface area contributed by atoms with Crippen molar-refractivity contribution in [1.82, 2.24) is 45.0 Å². The molecule has 23 heteroatoms. The third-order valence-corrected chi connectivity index (χ3v) is 17.8. The molecule has 86 heavy (non-hydrogen) atoms. The number of alkyl halides is 1. The molecule has 2 amide bonds. The van der Waals surface area contributed by atoms with E-state index in [1.165, 1.54) is 39.2 Å². The molecule has 2 aliphatic heterocycles. The lowest BCUT2D eigenvalue weighted by molar-refractivity contribution is 0.0415. The van der Waals surface area contributed by atoms with Gasteiger partial charge in [-0.3, -0.25) is 32.9 Å². The lowest BCUT2D eigenvalue weighted by Gasteiger charge is -2.44. The number of amides is 2. The summed E-state index contributed by atoms with van der Waals surface area (Å²) >= 11 is 17.1. The maximum atomic E-state index is 13.1. The highest BCUT2D eigenvalue weighted by molar-refractivity contribution is 14.1. The molecule has 3 aromatic heterocycles. The van der Waals surface area contributed by atoms with Crippen LogP contribution in [0.4, 0.5) is 19.9 Å². The molecule has 0 unspecified atom stereocenters. The van der Waals surface area contributed by atoms with E-state index in [1.54, 1.807) is 10.8 Å². The van der Waals surface area contributed by atoms with Crippen molar-refractivity contribution in [1.29, 1.82) is 0 Å². The molecule has 5 heterocycles. The first-order valence-corrected chi connectivity index (χ1v) is 32.0. The summed E-state index contributed by atoms with van der Waals surface area (Å²) in [6, 6.07) is 36.5. The number of halogens is 6. The predicted octanol–water partition coefficient (Wildman–Crippen LogP) is 12.6. The van der Waals surface area contributed by atoms with Gasteiger partial charge in [-0.25, -0.2) is 24.5 Å². The molecule has 2 atom stereocenters. The van der Waals surface area contributed by atoms with E-state index in [0.717, 1.165) is 75.8 Å². The minimum absolute atomic E-state index is 0.0209. The number of ether oxygens (including phenoxy) is 2. The van der Waals surface area contributed by atoms with Crippen molar-refractivity contribution < 1.29 is 23.5 Å². The monoisotopic (exact) mass is 1550 g/mol. The Bertz CT molecular complexity index is 3610. The first-order valence-electron chi connectivity index (χ1n) is 28.1. The quantitative estimate of drug-likeness (QED) is 0.0868. The lowest BCUT2D eigenvalue weighted by Crippen LogP contribution is -2.49. The van der Waals surface area contributed by atoms with Crippen LogP contribution >= 0.6 is 91.0 Å². The Hall–Kier alpha value is -5.48. The standard InChI is InChI=1S/C29H33IN4O3.C18H26N2O2.C11H8ClIN2O.C4H2ClIN2O.CH3F/c1-28(2,3)37-27(36)32-24-22-12-8-7-11-21(22)17-29(24)13-15-33(16-14-29)26-31-18-23(30)25(35)34(26)19-20-9-5-4-6-10-20;1-17(2,3)22-16(21)20-15-14-7-5-4-6-13(14)12-18(15)8-10-19-11-9-18;12-11-14-6-9(13)10(16)15(11)7-8-4-2-1-3-5-8;5-4-7-1-2(6)3(9)8-4;1-2/h4-12,18,24H,13-17,19H2,1-3H3,(H,32,36);4-7,15,19H,8-12H2,1-3H3,(H,20,21);1-6H,7H2;1H,(H,7,8,9);1H3/t24-;15-;;;/m11.../s1. The van der Waals surface area contributed by atoms with Crippen LogP contribution in [0.5, 0.6) is 0 Å². The van der Waals surface area contributed by atoms with Crippen molar-refractivity contribution in [2.75, 3.05) is 38.3 Å². The second kappa shape index (κ2) is 30.6. The topological polar surface area (TPSA) is 207 Å². The van der Waals surface area contributed by atoms with E-state index >= 15 is 0 Å². The Morgan fingerprint density at radius 1 is 0.605 bits per heavy atom. The van der Waals surface area contributed by atoms with Gasteiger partial charge in [-0.05, 0) is 218 Å². The molecule has 0 bridgehead atoms. The highest BCUT2D eigenvalue weighted by Gasteiger charge is 2.50. The van der Waals surface area contributed by atoms with Gasteiger partial charge in [0.2, 0.25) is 16.5 Å². The molecule has 11 rings (SSSR count). The Morgan fingerprint density at radius 3 is 1.49 bits per heavy atom. The Kier molecular flexibility index (Phi) is 24.2. The van der Waals surface area contributed by atoms with Crippen LogP contribution < -0.4 is 37.5 Å². The van der Waals surface area contributed by atoms with Crippen LogP contribution in [0.25, 0.3) is 0 Å². The summed E-state index contributed by atoms with van der Waals surface area (Å²) in [7, 11) is 0.500. The van der Waals surface area contributed by atoms with Gasteiger partial charge in [-0.1, -0.05) is 109 Å². The van der Waals surface area contributed by atoms with E-state index in [-0.39, 0.29) is 62.3 Å². The number of carbonyl (C=O) groups excluding carboxylic acids is 2. The minimum Gasteiger partial charge on any atom is -0.444 e. The van der Waals surface area contributed by atoms with Gasteiger partial charge in [0.15, 0.2) is 0 Å². The van der Waals surface area contributed by atoms with Gasteiger partial charge in [-0.2, -0.15) is 0 Å². The molecule has 0 saturated carbocycles. The van der Waals surface area contributed by atoms with Gasteiger partial charge in [0.05, 0.1) is 43.1 Å². The zero-order valence-corrected chi connectivity index (χ0v) is 57.1. The van der Waals surface area contributed by atoms with Crippen LogP contribution in [0.1, 0.15) is 113 Å². The molecule has 2 aliphatic carbocycles. The summed E-state index contributed by atoms with van der Waals surface area (Å²) < 4.78 is 25.6. The van der Waals surface area contributed by atoms with Crippen molar-refractivity contribution in [3.05, 3.63) is 214 Å². The molecule has 458 valence electrons. The van der Waals surface area contributed by atoms with E-state index in [2.05, 4.69) is 101 Å². The van der Waals surface area contributed by atoms with E-state index in [1.807, 2.05) is 153 Å². The normalized spacial score (nSPS) is 16.9. The average molecular weight is 1550 g/mol. The number of nitrogens with one attached hydrogen (secondary N) is 4. The summed E-state index contributed by atoms with van der Waals surface area (Å²) in [5, 5.41) is 10.2. The average Bonchev–Trinajstić information content (AvgIpc) is 1.65. The molecule has 2 spiro atoms. The smallest absolute Gasteiger partial charge is 0.408 e. The molecule has 4 aromatic carbocycles. The van der Waals surface area contributed by atoms with Crippen LogP contribution in [0.3, 0.4) is 0 Å². The second-order valence-corrected chi connectivity index (χ2v) is 27.4. The van der Waals surface area contributed by atoms with Crippen molar-refractivity contribution in [2.24, 2.45) is 10.8 Å². The number of nitrogens with zero attached hydrogens (tertiary/aromatic N) is 6. The fraction of sp³-hybridized carbons (Fsp3) is 0.397. The molecular formula is C63H72Cl2FI3N10O7. The summed E-state index contributed by atoms with van der Waals surface area (Å²) in [5.41, 5.74) is 5.85. The molecule has 17 nitrogen and oxygen atoms in total. The van der Waals surface area contributed by atoms with Crippen molar-refractivity contribution in [3.8, 4) is 0 Å². The summed E-state index contributed by atoms with van der Waals surface area (Å²) in [6.45, 7) is 15.8. The fourth-order valence-electron chi connectivity index (χ4n) is 11.2. The second-order valence-electron chi connectivity index (χ2n) is 23.3. The number of aromatic nitrogens is 6. The molecule has 4 aliphatic rings. The third kappa shape index (κ3) is 18.1. The maximum Gasteiger partial charge on any atom is 0.408 e. The minimum atomic E-state index is -0.558. The van der Waals surface area contributed by atoms with E-state index < -0.39 is 11.2 Å². The van der Waals surface area contributed by atoms with E-state index in [0.29, 0.717) is 36.9 Å². The molecular weight excluding hydrogens is 1480 g/mol. The van der Waals surface area contributed by atoms with Crippen molar-refractivity contribution >= 4 is 109 Å². The lowest BCUT2D eigenvalue weighted by atomic mass is 9.73. The molecule has 2 fully saturated rings. The Labute approximate surface area is 551 Å².